The average molecular weight is 282 g/mol. The normalized spacial score (nSPS) is 13.6. The number of esters is 1. The zero-order valence-electron chi connectivity index (χ0n) is 11.2. The predicted molar refractivity (Wildman–Crippen MR) is 70.0 cm³/mol. The third kappa shape index (κ3) is 4.64. The van der Waals surface area contributed by atoms with E-state index in [1.54, 1.807) is 24.3 Å². The number of aryl methyl sites for hydroxylation is 1. The van der Waals surface area contributed by atoms with Gasteiger partial charge in [0, 0.05) is 6.42 Å². The van der Waals surface area contributed by atoms with Crippen molar-refractivity contribution in [3.8, 4) is 0 Å². The molecule has 3 N–H and O–H groups in total. The lowest BCUT2D eigenvalue weighted by Gasteiger charge is -2.19. The van der Waals surface area contributed by atoms with Crippen LogP contribution in [0, 0.1) is 0 Å². The highest BCUT2D eigenvalue weighted by Crippen LogP contribution is 2.23. The van der Waals surface area contributed by atoms with Crippen LogP contribution in [0.2, 0.25) is 0 Å². The van der Waals surface area contributed by atoms with Crippen molar-refractivity contribution >= 4 is 11.9 Å². The highest BCUT2D eigenvalue weighted by molar-refractivity contribution is 5.69. The molecule has 0 aliphatic rings. The Kier molecular flexibility index (Phi) is 6.14. The van der Waals surface area contributed by atoms with Gasteiger partial charge in [0.25, 0.3) is 0 Å². The number of aliphatic carboxylic acids is 1. The minimum atomic E-state index is -1.40. The molecule has 0 aromatic heterocycles. The summed E-state index contributed by atoms with van der Waals surface area (Å²) in [6.07, 6.45) is -2.76. The van der Waals surface area contributed by atoms with Crippen LogP contribution in [-0.2, 0) is 20.7 Å². The highest BCUT2D eigenvalue weighted by Gasteiger charge is 2.23. The lowest BCUT2D eigenvalue weighted by atomic mass is 9.94. The van der Waals surface area contributed by atoms with Crippen molar-refractivity contribution < 1.29 is 29.6 Å². The second-order valence-electron chi connectivity index (χ2n) is 4.38. The number of hydrogen-bond donors (Lipinski definition) is 3. The molecule has 0 radical (unpaired) electrons. The number of carboxylic acids is 1. The van der Waals surface area contributed by atoms with Crippen LogP contribution in [0.25, 0.3) is 0 Å². The average Bonchev–Trinajstić information content (AvgIpc) is 2.43. The monoisotopic (exact) mass is 282 g/mol. The van der Waals surface area contributed by atoms with Crippen LogP contribution in [0.15, 0.2) is 24.3 Å². The summed E-state index contributed by atoms with van der Waals surface area (Å²) in [4.78, 5) is 21.7. The first-order valence-electron chi connectivity index (χ1n) is 6.18. The van der Waals surface area contributed by atoms with Crippen LogP contribution >= 0.6 is 0 Å². The number of rotatable bonds is 7. The number of hydrogen-bond acceptors (Lipinski definition) is 5. The maximum absolute atomic E-state index is 11.1. The van der Waals surface area contributed by atoms with Crippen molar-refractivity contribution in [2.24, 2.45) is 0 Å². The Bertz CT molecular complexity index is 470. The van der Waals surface area contributed by atoms with E-state index in [0.29, 0.717) is 17.5 Å². The van der Waals surface area contributed by atoms with Gasteiger partial charge in [-0.25, -0.2) is 0 Å². The molecule has 0 aliphatic heterocycles. The maximum Gasteiger partial charge on any atom is 0.306 e. The summed E-state index contributed by atoms with van der Waals surface area (Å²) in [6, 6.07) is 6.73. The smallest absolute Gasteiger partial charge is 0.306 e. The first-order valence-corrected chi connectivity index (χ1v) is 6.18. The molecule has 1 rings (SSSR count). The predicted octanol–water partition coefficient (Wildman–Crippen LogP) is 0.661. The van der Waals surface area contributed by atoms with Crippen LogP contribution in [0.1, 0.15) is 30.1 Å². The molecule has 0 bridgehead atoms. The molecule has 1 aromatic rings. The van der Waals surface area contributed by atoms with Gasteiger partial charge < -0.3 is 20.1 Å². The molecule has 2 unspecified atom stereocenters. The Morgan fingerprint density at radius 3 is 2.50 bits per heavy atom. The minimum absolute atomic E-state index is 0.148. The summed E-state index contributed by atoms with van der Waals surface area (Å²) in [7, 11) is 1.29. The Morgan fingerprint density at radius 1 is 1.25 bits per heavy atom. The lowest BCUT2D eigenvalue weighted by Crippen LogP contribution is -2.22. The van der Waals surface area contributed by atoms with E-state index in [9.17, 15) is 19.8 Å². The summed E-state index contributed by atoms with van der Waals surface area (Å²) >= 11 is 0. The minimum Gasteiger partial charge on any atom is -0.481 e. The molecule has 1 aromatic carbocycles. The lowest BCUT2D eigenvalue weighted by molar-refractivity contribution is -0.141. The van der Waals surface area contributed by atoms with Gasteiger partial charge in [0.05, 0.1) is 19.6 Å². The van der Waals surface area contributed by atoms with Gasteiger partial charge >= 0.3 is 11.9 Å². The zero-order chi connectivity index (χ0) is 15.1. The van der Waals surface area contributed by atoms with Crippen LogP contribution in [-0.4, -0.2) is 40.5 Å². The number of ether oxygens (including phenoxy) is 1. The number of aliphatic hydroxyl groups excluding tert-OH is 2. The van der Waals surface area contributed by atoms with Crippen LogP contribution in [0.4, 0.5) is 0 Å². The van der Waals surface area contributed by atoms with Gasteiger partial charge in [0.1, 0.15) is 6.10 Å². The van der Waals surface area contributed by atoms with Crippen LogP contribution in [0.3, 0.4) is 0 Å². The second-order valence-corrected chi connectivity index (χ2v) is 4.38. The molecule has 0 heterocycles. The van der Waals surface area contributed by atoms with Crippen molar-refractivity contribution in [1.29, 1.82) is 0 Å². The maximum atomic E-state index is 11.1. The van der Waals surface area contributed by atoms with E-state index in [-0.39, 0.29) is 12.4 Å². The summed E-state index contributed by atoms with van der Waals surface area (Å²) in [5.41, 5.74) is 1.10. The van der Waals surface area contributed by atoms with Gasteiger partial charge in [-0.2, -0.15) is 0 Å². The Hall–Kier alpha value is -1.92. The number of carbonyl (C=O) groups is 2. The third-order valence-electron chi connectivity index (χ3n) is 2.95. The largest absolute Gasteiger partial charge is 0.481 e. The summed E-state index contributed by atoms with van der Waals surface area (Å²) < 4.78 is 4.54. The number of carbonyl (C=O) groups excluding carboxylic acids is 1. The fourth-order valence-corrected chi connectivity index (χ4v) is 1.89. The summed E-state index contributed by atoms with van der Waals surface area (Å²) in [6.45, 7) is 0. The Morgan fingerprint density at radius 2 is 1.90 bits per heavy atom. The molecule has 6 nitrogen and oxygen atoms in total. The van der Waals surface area contributed by atoms with Gasteiger partial charge in [0.2, 0.25) is 0 Å². The molecule has 0 aliphatic carbocycles. The molecular formula is C14H18O6. The van der Waals surface area contributed by atoms with E-state index in [2.05, 4.69) is 4.74 Å². The molecule has 0 saturated heterocycles. The Balaban J connectivity index is 2.83. The van der Waals surface area contributed by atoms with Crippen molar-refractivity contribution in [1.82, 2.24) is 0 Å². The molecule has 0 fully saturated rings. The van der Waals surface area contributed by atoms with Crippen molar-refractivity contribution in [2.75, 3.05) is 7.11 Å². The van der Waals surface area contributed by atoms with E-state index >= 15 is 0 Å². The first kappa shape index (κ1) is 16.1. The molecular weight excluding hydrogens is 264 g/mol. The fourth-order valence-electron chi connectivity index (χ4n) is 1.89. The number of carboxylic acid groups (broad SMARTS) is 1. The first-order chi connectivity index (χ1) is 9.45. The number of benzene rings is 1. The SMILES string of the molecule is COC(=O)CCc1ccccc1C(O)C(O)CC(=O)O. The molecule has 0 saturated carbocycles. The quantitative estimate of drug-likeness (QED) is 0.635. The third-order valence-corrected chi connectivity index (χ3v) is 2.95. The number of methoxy groups -OCH3 is 1. The van der Waals surface area contributed by atoms with Gasteiger partial charge in [-0.05, 0) is 17.5 Å². The van der Waals surface area contributed by atoms with E-state index in [1.165, 1.54) is 7.11 Å². The Labute approximate surface area is 116 Å². The van der Waals surface area contributed by atoms with Crippen molar-refractivity contribution in [3.05, 3.63) is 35.4 Å². The standard InChI is InChI=1S/C14H18O6/c1-20-13(18)7-6-9-4-2-3-5-10(9)14(19)11(15)8-12(16)17/h2-5,11,14-15,19H,6-8H2,1H3,(H,16,17). The molecule has 0 spiro atoms. The van der Waals surface area contributed by atoms with Crippen molar-refractivity contribution in [3.63, 3.8) is 0 Å². The van der Waals surface area contributed by atoms with Gasteiger partial charge in [-0.3, -0.25) is 9.59 Å². The van der Waals surface area contributed by atoms with Gasteiger partial charge in [0.15, 0.2) is 0 Å². The van der Waals surface area contributed by atoms with E-state index in [0.717, 1.165) is 0 Å². The molecule has 2 atom stereocenters. The van der Waals surface area contributed by atoms with E-state index < -0.39 is 24.6 Å². The summed E-state index contributed by atoms with van der Waals surface area (Å²) in [5.74, 6) is -1.57. The molecule has 0 amide bonds. The van der Waals surface area contributed by atoms with Crippen molar-refractivity contribution in [2.45, 2.75) is 31.5 Å². The fraction of sp³-hybridized carbons (Fsp3) is 0.429. The molecule has 20 heavy (non-hydrogen) atoms. The van der Waals surface area contributed by atoms with Crippen LogP contribution < -0.4 is 0 Å². The topological polar surface area (TPSA) is 104 Å². The van der Waals surface area contributed by atoms with Gasteiger partial charge in [-0.15, -0.1) is 0 Å². The number of aliphatic hydroxyl groups is 2. The summed E-state index contributed by atoms with van der Waals surface area (Å²) in [5, 5.41) is 28.3. The molecule has 6 heteroatoms. The zero-order valence-corrected chi connectivity index (χ0v) is 11.2. The van der Waals surface area contributed by atoms with E-state index in [4.69, 9.17) is 5.11 Å². The van der Waals surface area contributed by atoms with E-state index in [1.807, 2.05) is 0 Å². The van der Waals surface area contributed by atoms with Crippen LogP contribution in [0.5, 0.6) is 0 Å². The highest BCUT2D eigenvalue weighted by atomic mass is 16.5. The van der Waals surface area contributed by atoms with Gasteiger partial charge in [-0.1, -0.05) is 24.3 Å². The second kappa shape index (κ2) is 7.62. The molecule has 110 valence electrons.